The first-order chi connectivity index (χ1) is 12.8. The molecule has 0 saturated heterocycles. The summed E-state index contributed by atoms with van der Waals surface area (Å²) in [5, 5.41) is 2.84. The third kappa shape index (κ3) is 6.32. The summed E-state index contributed by atoms with van der Waals surface area (Å²) in [7, 11) is 0. The highest BCUT2D eigenvalue weighted by Crippen LogP contribution is 2.18. The minimum absolute atomic E-state index is 0.129. The van der Waals surface area contributed by atoms with Gasteiger partial charge in [-0.1, -0.05) is 70.6 Å². The molecule has 1 amide bonds. The number of aromatic nitrogens is 2. The Hall–Kier alpha value is -2.10. The number of carbonyl (C=O) groups excluding carboxylic acids is 1. The summed E-state index contributed by atoms with van der Waals surface area (Å²) in [6, 6.07) is 8.29. The molecule has 0 unspecified atom stereocenters. The van der Waals surface area contributed by atoms with E-state index in [1.807, 2.05) is 6.07 Å². The van der Waals surface area contributed by atoms with E-state index >= 15 is 0 Å². The number of para-hydroxylation sites is 2. The number of carbonyl (C=O) groups is 1. The largest absolute Gasteiger partial charge is 0.352 e. The Labute approximate surface area is 157 Å². The van der Waals surface area contributed by atoms with Crippen LogP contribution in [0.2, 0.25) is 0 Å². The van der Waals surface area contributed by atoms with Crippen LogP contribution >= 0.6 is 0 Å². The monoisotopic (exact) mass is 355 g/mol. The van der Waals surface area contributed by atoms with Crippen molar-refractivity contribution in [2.24, 2.45) is 0 Å². The number of hydrogen-bond donors (Lipinski definition) is 1. The van der Waals surface area contributed by atoms with Crippen LogP contribution in [0.25, 0.3) is 11.0 Å². The van der Waals surface area contributed by atoms with E-state index in [4.69, 9.17) is 4.98 Å². The molecule has 142 valence electrons. The fourth-order valence-electron chi connectivity index (χ4n) is 3.34. The van der Waals surface area contributed by atoms with Gasteiger partial charge in [-0.2, -0.15) is 0 Å². The van der Waals surface area contributed by atoms with Gasteiger partial charge in [0.1, 0.15) is 5.82 Å². The maximum absolute atomic E-state index is 11.3. The third-order valence-electron chi connectivity index (χ3n) is 4.80. The van der Waals surface area contributed by atoms with Crippen molar-refractivity contribution in [2.75, 3.05) is 6.54 Å². The normalized spacial score (nSPS) is 11.0. The number of amides is 1. The highest BCUT2D eigenvalue weighted by molar-refractivity contribution is 5.86. The highest BCUT2D eigenvalue weighted by atomic mass is 16.1. The molecule has 1 N–H and O–H groups in total. The van der Waals surface area contributed by atoms with E-state index in [1.165, 1.54) is 63.0 Å². The second kappa shape index (κ2) is 11.5. The van der Waals surface area contributed by atoms with Crippen molar-refractivity contribution in [3.8, 4) is 0 Å². The molecule has 1 heterocycles. The lowest BCUT2D eigenvalue weighted by Gasteiger charge is -2.10. The number of benzene rings is 1. The average Bonchev–Trinajstić information content (AvgIpc) is 3.01. The summed E-state index contributed by atoms with van der Waals surface area (Å²) in [5.41, 5.74) is 2.23. The lowest BCUT2D eigenvalue weighted by atomic mass is 10.1. The Morgan fingerprint density at radius 2 is 1.81 bits per heavy atom. The van der Waals surface area contributed by atoms with E-state index in [9.17, 15) is 4.79 Å². The Balaban J connectivity index is 1.86. The van der Waals surface area contributed by atoms with Crippen molar-refractivity contribution in [1.82, 2.24) is 14.9 Å². The number of nitrogens with zero attached hydrogens (tertiary/aromatic N) is 2. The van der Waals surface area contributed by atoms with Crippen LogP contribution in [0.15, 0.2) is 36.9 Å². The molecule has 0 bridgehead atoms. The zero-order valence-electron chi connectivity index (χ0n) is 16.2. The second-order valence-electron chi connectivity index (χ2n) is 6.89. The molecule has 0 atom stereocenters. The van der Waals surface area contributed by atoms with Crippen LogP contribution in [0.1, 0.15) is 64.1 Å². The van der Waals surface area contributed by atoms with Gasteiger partial charge in [-0.05, 0) is 24.6 Å². The highest BCUT2D eigenvalue weighted by Gasteiger charge is 2.10. The number of rotatable bonds is 13. The first kappa shape index (κ1) is 20.2. The Bertz CT molecular complexity index is 690. The standard InChI is InChI=1S/C22H33N3O/c1-3-5-6-7-8-9-10-13-18-25-20-15-12-11-14-19(20)24-21(25)16-17-23-22(26)4-2/h4,11-12,14-15H,2-3,5-10,13,16-18H2,1H3,(H,23,26). The Morgan fingerprint density at radius 3 is 2.54 bits per heavy atom. The molecule has 0 aliphatic rings. The molecule has 0 aliphatic heterocycles. The van der Waals surface area contributed by atoms with Gasteiger partial charge >= 0.3 is 0 Å². The molecular weight excluding hydrogens is 322 g/mol. The van der Waals surface area contributed by atoms with Crippen molar-refractivity contribution >= 4 is 16.9 Å². The van der Waals surface area contributed by atoms with Crippen LogP contribution in [0, 0.1) is 0 Å². The zero-order chi connectivity index (χ0) is 18.6. The Morgan fingerprint density at radius 1 is 1.12 bits per heavy atom. The summed E-state index contributed by atoms with van der Waals surface area (Å²) in [6.07, 6.45) is 12.6. The second-order valence-corrected chi connectivity index (χ2v) is 6.89. The molecule has 2 aromatic rings. The van der Waals surface area contributed by atoms with Crippen LogP contribution in [0.5, 0.6) is 0 Å². The predicted molar refractivity (Wildman–Crippen MR) is 109 cm³/mol. The van der Waals surface area contributed by atoms with Crippen LogP contribution in [-0.4, -0.2) is 22.0 Å². The average molecular weight is 356 g/mol. The summed E-state index contributed by atoms with van der Waals surface area (Å²) in [4.78, 5) is 16.1. The maximum Gasteiger partial charge on any atom is 0.243 e. The molecule has 4 heteroatoms. The summed E-state index contributed by atoms with van der Waals surface area (Å²) in [5.74, 6) is 0.925. The molecule has 1 aromatic carbocycles. The summed E-state index contributed by atoms with van der Waals surface area (Å²) in [6.45, 7) is 7.34. The molecule has 1 aromatic heterocycles. The van der Waals surface area contributed by atoms with E-state index in [1.54, 1.807) is 0 Å². The van der Waals surface area contributed by atoms with E-state index < -0.39 is 0 Å². The molecule has 0 spiro atoms. The molecule has 0 radical (unpaired) electrons. The third-order valence-corrected chi connectivity index (χ3v) is 4.80. The molecule has 0 aliphatic carbocycles. The number of hydrogen-bond acceptors (Lipinski definition) is 2. The molecule has 2 rings (SSSR count). The van der Waals surface area contributed by atoms with Gasteiger partial charge in [-0.25, -0.2) is 4.98 Å². The molecule has 0 saturated carbocycles. The minimum atomic E-state index is -0.129. The van der Waals surface area contributed by atoms with Gasteiger partial charge in [0.05, 0.1) is 11.0 Å². The smallest absolute Gasteiger partial charge is 0.243 e. The first-order valence-electron chi connectivity index (χ1n) is 10.1. The zero-order valence-corrected chi connectivity index (χ0v) is 16.2. The molecule has 4 nitrogen and oxygen atoms in total. The Kier molecular flexibility index (Phi) is 8.94. The maximum atomic E-state index is 11.3. The van der Waals surface area contributed by atoms with Gasteiger partial charge in [0.25, 0.3) is 0 Å². The van der Waals surface area contributed by atoms with Gasteiger partial charge < -0.3 is 9.88 Å². The predicted octanol–water partition coefficient (Wildman–Crippen LogP) is 5.02. The van der Waals surface area contributed by atoms with Gasteiger partial charge in [-0.15, -0.1) is 0 Å². The molecular formula is C22H33N3O. The number of fused-ring (bicyclic) bond motifs is 1. The summed E-state index contributed by atoms with van der Waals surface area (Å²) >= 11 is 0. The minimum Gasteiger partial charge on any atom is -0.352 e. The fourth-order valence-corrected chi connectivity index (χ4v) is 3.34. The number of imidazole rings is 1. The van der Waals surface area contributed by atoms with Crippen molar-refractivity contribution in [3.63, 3.8) is 0 Å². The number of nitrogens with one attached hydrogen (secondary N) is 1. The lowest BCUT2D eigenvalue weighted by Crippen LogP contribution is -2.24. The van der Waals surface area contributed by atoms with E-state index in [-0.39, 0.29) is 5.91 Å². The molecule has 26 heavy (non-hydrogen) atoms. The van der Waals surface area contributed by atoms with Gasteiger partial charge in [0, 0.05) is 19.5 Å². The van der Waals surface area contributed by atoms with Gasteiger partial charge in [-0.3, -0.25) is 4.79 Å². The number of unbranched alkanes of at least 4 members (excludes halogenated alkanes) is 7. The van der Waals surface area contributed by atoms with Gasteiger partial charge in [0.2, 0.25) is 5.91 Å². The van der Waals surface area contributed by atoms with Gasteiger partial charge in [0.15, 0.2) is 0 Å². The molecule has 0 fully saturated rings. The van der Waals surface area contributed by atoms with Crippen molar-refractivity contribution in [1.29, 1.82) is 0 Å². The van der Waals surface area contributed by atoms with Crippen LogP contribution < -0.4 is 5.32 Å². The van der Waals surface area contributed by atoms with Crippen molar-refractivity contribution < 1.29 is 4.79 Å². The summed E-state index contributed by atoms with van der Waals surface area (Å²) < 4.78 is 2.33. The fraction of sp³-hybridized carbons (Fsp3) is 0.545. The van der Waals surface area contributed by atoms with Crippen LogP contribution in [0.3, 0.4) is 0 Å². The van der Waals surface area contributed by atoms with Crippen LogP contribution in [-0.2, 0) is 17.8 Å². The number of aryl methyl sites for hydroxylation is 1. The van der Waals surface area contributed by atoms with Crippen molar-refractivity contribution in [3.05, 3.63) is 42.7 Å². The topological polar surface area (TPSA) is 46.9 Å². The van der Waals surface area contributed by atoms with Crippen LogP contribution in [0.4, 0.5) is 0 Å². The lowest BCUT2D eigenvalue weighted by molar-refractivity contribution is -0.116. The van der Waals surface area contributed by atoms with E-state index in [2.05, 4.69) is 41.6 Å². The van der Waals surface area contributed by atoms with E-state index in [0.717, 1.165) is 24.3 Å². The van der Waals surface area contributed by atoms with E-state index in [0.29, 0.717) is 6.54 Å². The van der Waals surface area contributed by atoms with Crippen molar-refractivity contribution in [2.45, 2.75) is 71.3 Å². The first-order valence-corrected chi connectivity index (χ1v) is 10.1. The quantitative estimate of drug-likeness (QED) is 0.405. The SMILES string of the molecule is C=CC(=O)NCCc1nc2ccccc2n1CCCCCCCCCC.